The Morgan fingerprint density at radius 2 is 2.43 bits per heavy atom. The topological polar surface area (TPSA) is 80.4 Å². The van der Waals surface area contributed by atoms with Gasteiger partial charge >= 0.3 is 0 Å². The van der Waals surface area contributed by atoms with Crippen molar-refractivity contribution in [3.05, 3.63) is 11.7 Å². The second-order valence-corrected chi connectivity index (χ2v) is 2.97. The summed E-state index contributed by atoms with van der Waals surface area (Å²) in [7, 11) is 1.55. The predicted molar refractivity (Wildman–Crippen MR) is 48.6 cm³/mol. The van der Waals surface area contributed by atoms with Crippen LogP contribution in [0, 0.1) is 6.92 Å². The van der Waals surface area contributed by atoms with E-state index in [1.807, 2.05) is 0 Å². The molecule has 0 fully saturated rings. The van der Waals surface area contributed by atoms with E-state index in [1.165, 1.54) is 0 Å². The lowest BCUT2D eigenvalue weighted by molar-refractivity contribution is 0.0643. The number of ether oxygens (including phenoxy) is 1. The summed E-state index contributed by atoms with van der Waals surface area (Å²) in [5, 5.41) is 16.0. The Labute approximate surface area is 82.3 Å². The minimum absolute atomic E-state index is 0.318. The first-order valence-corrected chi connectivity index (χ1v) is 4.39. The van der Waals surface area contributed by atoms with E-state index in [9.17, 15) is 5.11 Å². The van der Waals surface area contributed by atoms with Crippen LogP contribution in [0.15, 0.2) is 4.52 Å². The minimum Gasteiger partial charge on any atom is -0.389 e. The fraction of sp³-hybridized carbons (Fsp3) is 0.750. The van der Waals surface area contributed by atoms with Crippen molar-refractivity contribution in [2.24, 2.45) is 0 Å². The zero-order valence-electron chi connectivity index (χ0n) is 8.36. The molecule has 6 nitrogen and oxygen atoms in total. The van der Waals surface area contributed by atoms with Gasteiger partial charge in [0.05, 0.1) is 19.3 Å². The molecule has 1 rings (SSSR count). The number of aliphatic hydroxyl groups excluding tert-OH is 1. The highest BCUT2D eigenvalue weighted by Gasteiger charge is 2.04. The van der Waals surface area contributed by atoms with Gasteiger partial charge in [0.25, 0.3) is 0 Å². The van der Waals surface area contributed by atoms with Crippen LogP contribution in [0.5, 0.6) is 0 Å². The molecule has 0 aliphatic carbocycles. The Kier molecular flexibility index (Phi) is 4.51. The van der Waals surface area contributed by atoms with E-state index in [2.05, 4.69) is 15.5 Å². The van der Waals surface area contributed by atoms with Crippen molar-refractivity contribution < 1.29 is 14.4 Å². The fourth-order valence-electron chi connectivity index (χ4n) is 1.02. The molecular formula is C8H15N3O3. The largest absolute Gasteiger partial charge is 0.389 e. The highest BCUT2D eigenvalue weighted by atomic mass is 16.5. The summed E-state index contributed by atoms with van der Waals surface area (Å²) in [6.45, 7) is 2.98. The Bertz CT molecular complexity index is 264. The van der Waals surface area contributed by atoms with Gasteiger partial charge in [-0.2, -0.15) is 4.98 Å². The zero-order valence-corrected chi connectivity index (χ0v) is 8.36. The van der Waals surface area contributed by atoms with Crippen molar-refractivity contribution in [2.75, 3.05) is 20.3 Å². The van der Waals surface area contributed by atoms with Crippen LogP contribution in [-0.4, -0.2) is 41.6 Å². The van der Waals surface area contributed by atoms with Crippen molar-refractivity contribution in [3.8, 4) is 0 Å². The number of hydrogen-bond donors (Lipinski definition) is 2. The van der Waals surface area contributed by atoms with Crippen molar-refractivity contribution in [1.82, 2.24) is 15.5 Å². The molecule has 0 bridgehead atoms. The molecule has 0 saturated heterocycles. The van der Waals surface area contributed by atoms with Gasteiger partial charge in [-0.25, -0.2) is 0 Å². The summed E-state index contributed by atoms with van der Waals surface area (Å²) < 4.78 is 9.55. The van der Waals surface area contributed by atoms with Gasteiger partial charge in [0, 0.05) is 20.6 Å². The van der Waals surface area contributed by atoms with E-state index in [4.69, 9.17) is 9.26 Å². The molecule has 1 aromatic rings. The zero-order chi connectivity index (χ0) is 10.4. The molecule has 6 heteroatoms. The molecule has 1 unspecified atom stereocenters. The van der Waals surface area contributed by atoms with Gasteiger partial charge < -0.3 is 19.7 Å². The van der Waals surface area contributed by atoms with Gasteiger partial charge in [0.15, 0.2) is 5.82 Å². The summed E-state index contributed by atoms with van der Waals surface area (Å²) in [5.41, 5.74) is 0. The fourth-order valence-corrected chi connectivity index (χ4v) is 1.02. The van der Waals surface area contributed by atoms with E-state index in [0.29, 0.717) is 31.4 Å². The van der Waals surface area contributed by atoms with Gasteiger partial charge in [-0.3, -0.25) is 0 Å². The van der Waals surface area contributed by atoms with Crippen molar-refractivity contribution in [3.63, 3.8) is 0 Å². The molecule has 2 N–H and O–H groups in total. The summed E-state index contributed by atoms with van der Waals surface area (Å²) in [6.07, 6.45) is -0.506. The monoisotopic (exact) mass is 201 g/mol. The third-order valence-electron chi connectivity index (χ3n) is 1.59. The van der Waals surface area contributed by atoms with Crippen molar-refractivity contribution >= 4 is 0 Å². The Morgan fingerprint density at radius 3 is 3.00 bits per heavy atom. The summed E-state index contributed by atoms with van der Waals surface area (Å²) in [5.74, 6) is 1.13. The van der Waals surface area contributed by atoms with Gasteiger partial charge in [0.1, 0.15) is 0 Å². The molecule has 1 atom stereocenters. The van der Waals surface area contributed by atoms with Crippen LogP contribution in [0.1, 0.15) is 11.7 Å². The maximum atomic E-state index is 9.28. The lowest BCUT2D eigenvalue weighted by Crippen LogP contribution is -2.29. The van der Waals surface area contributed by atoms with Gasteiger partial charge in [0.2, 0.25) is 5.89 Å². The second kappa shape index (κ2) is 5.69. The first-order chi connectivity index (χ1) is 6.72. The predicted octanol–water partition coefficient (Wildman–Crippen LogP) is -0.525. The molecule has 0 aliphatic heterocycles. The van der Waals surface area contributed by atoms with Crippen LogP contribution >= 0.6 is 0 Å². The summed E-state index contributed by atoms with van der Waals surface area (Å²) in [4.78, 5) is 4.00. The van der Waals surface area contributed by atoms with E-state index >= 15 is 0 Å². The Balaban J connectivity index is 2.15. The second-order valence-electron chi connectivity index (χ2n) is 2.97. The number of nitrogens with zero attached hydrogens (tertiary/aromatic N) is 2. The molecule has 0 aliphatic rings. The lowest BCUT2D eigenvalue weighted by Gasteiger charge is -2.08. The third-order valence-corrected chi connectivity index (χ3v) is 1.59. The number of aryl methyl sites for hydroxylation is 1. The molecule has 0 spiro atoms. The first-order valence-electron chi connectivity index (χ1n) is 4.39. The Hall–Kier alpha value is -0.980. The maximum Gasteiger partial charge on any atom is 0.223 e. The molecule has 1 heterocycles. The van der Waals surface area contributed by atoms with Crippen LogP contribution in [0.3, 0.4) is 0 Å². The van der Waals surface area contributed by atoms with Gasteiger partial charge in [-0.1, -0.05) is 5.16 Å². The van der Waals surface area contributed by atoms with E-state index in [0.717, 1.165) is 0 Å². The third kappa shape index (κ3) is 3.82. The van der Waals surface area contributed by atoms with Crippen LogP contribution < -0.4 is 5.32 Å². The molecule has 0 amide bonds. The van der Waals surface area contributed by atoms with E-state index in [-0.39, 0.29) is 0 Å². The number of nitrogens with one attached hydrogen (secondary N) is 1. The normalized spacial score (nSPS) is 13.1. The average molecular weight is 201 g/mol. The molecule has 0 radical (unpaired) electrons. The highest BCUT2D eigenvalue weighted by molar-refractivity contribution is 4.82. The number of aromatic nitrogens is 2. The molecule has 1 aromatic heterocycles. The smallest absolute Gasteiger partial charge is 0.223 e. The molecule has 0 saturated carbocycles. The lowest BCUT2D eigenvalue weighted by atomic mass is 10.4. The number of methoxy groups -OCH3 is 1. The van der Waals surface area contributed by atoms with Crippen LogP contribution in [0.2, 0.25) is 0 Å². The molecule has 80 valence electrons. The highest BCUT2D eigenvalue weighted by Crippen LogP contribution is 1.93. The molecular weight excluding hydrogens is 186 g/mol. The first kappa shape index (κ1) is 11.1. The van der Waals surface area contributed by atoms with E-state index < -0.39 is 6.10 Å². The standard InChI is InChI=1S/C8H15N3O3/c1-6-10-8(11-14-6)4-9-3-7(12)5-13-2/h7,9,12H,3-5H2,1-2H3. The van der Waals surface area contributed by atoms with E-state index in [1.54, 1.807) is 14.0 Å². The van der Waals surface area contributed by atoms with Crippen LogP contribution in [0.25, 0.3) is 0 Å². The van der Waals surface area contributed by atoms with Crippen LogP contribution in [-0.2, 0) is 11.3 Å². The quantitative estimate of drug-likeness (QED) is 0.644. The number of hydrogen-bond acceptors (Lipinski definition) is 6. The SMILES string of the molecule is COCC(O)CNCc1noc(C)n1. The van der Waals surface area contributed by atoms with Gasteiger partial charge in [-0.05, 0) is 0 Å². The summed E-state index contributed by atoms with van der Waals surface area (Å²) >= 11 is 0. The van der Waals surface area contributed by atoms with Crippen LogP contribution in [0.4, 0.5) is 0 Å². The number of rotatable bonds is 6. The maximum absolute atomic E-state index is 9.28. The van der Waals surface area contributed by atoms with Gasteiger partial charge in [-0.15, -0.1) is 0 Å². The Morgan fingerprint density at radius 1 is 1.64 bits per heavy atom. The summed E-state index contributed by atoms with van der Waals surface area (Å²) in [6, 6.07) is 0. The number of aliphatic hydroxyl groups is 1. The van der Waals surface area contributed by atoms with Crippen molar-refractivity contribution in [1.29, 1.82) is 0 Å². The average Bonchev–Trinajstić information content (AvgIpc) is 2.52. The van der Waals surface area contributed by atoms with Crippen molar-refractivity contribution in [2.45, 2.75) is 19.6 Å². The minimum atomic E-state index is -0.506. The molecule has 14 heavy (non-hydrogen) atoms. The molecule has 0 aromatic carbocycles.